The lowest BCUT2D eigenvalue weighted by Gasteiger charge is -2.21. The van der Waals surface area contributed by atoms with E-state index in [1.165, 1.54) is 6.08 Å². The fraction of sp³-hybridized carbons (Fsp3) is 0.273. The number of hydrogen-bond donors (Lipinski definition) is 1. The summed E-state index contributed by atoms with van der Waals surface area (Å²) in [6.45, 7) is 0.345. The van der Waals surface area contributed by atoms with Gasteiger partial charge in [0.25, 0.3) is 0 Å². The van der Waals surface area contributed by atoms with E-state index in [9.17, 15) is 31.1 Å². The number of rotatable bonds is 5. The van der Waals surface area contributed by atoms with Crippen molar-refractivity contribution in [2.45, 2.75) is 24.7 Å². The van der Waals surface area contributed by atoms with Gasteiger partial charge in [0, 0.05) is 24.7 Å². The van der Waals surface area contributed by atoms with E-state index >= 15 is 0 Å². The number of carbonyl (C=O) groups is 1. The number of aliphatic carboxylic acids is 1. The predicted octanol–water partition coefficient (Wildman–Crippen LogP) is 5.41. The van der Waals surface area contributed by atoms with Crippen molar-refractivity contribution in [1.29, 1.82) is 5.26 Å². The Morgan fingerprint density at radius 1 is 1.09 bits per heavy atom. The molecule has 168 valence electrons. The SMILES string of the molecule is N#C/C(=C\C1CN(CCc2cc(C(F)(F)F)cc(C(F)(F)F)c2)c2ccccc21)C(=O)O. The lowest BCUT2D eigenvalue weighted by Crippen LogP contribution is -2.24. The number of para-hydroxylation sites is 1. The summed E-state index contributed by atoms with van der Waals surface area (Å²) in [5.74, 6) is -1.84. The molecule has 0 amide bonds. The minimum atomic E-state index is -4.92. The Hall–Kier alpha value is -3.48. The number of fused-ring (bicyclic) bond motifs is 1. The maximum absolute atomic E-state index is 13.1. The monoisotopic (exact) mass is 454 g/mol. The third-order valence-electron chi connectivity index (χ3n) is 5.13. The molecule has 0 spiro atoms. The Morgan fingerprint density at radius 3 is 2.22 bits per heavy atom. The molecule has 0 aromatic heterocycles. The summed E-state index contributed by atoms with van der Waals surface area (Å²) in [5.41, 5.74) is -1.90. The summed E-state index contributed by atoms with van der Waals surface area (Å²) in [5, 5.41) is 18.1. The zero-order valence-corrected chi connectivity index (χ0v) is 16.3. The summed E-state index contributed by atoms with van der Waals surface area (Å²) in [6, 6.07) is 9.99. The number of halogens is 6. The summed E-state index contributed by atoms with van der Waals surface area (Å²) < 4.78 is 78.5. The first-order valence-corrected chi connectivity index (χ1v) is 9.37. The molecule has 1 unspecified atom stereocenters. The van der Waals surface area contributed by atoms with Gasteiger partial charge in [-0.1, -0.05) is 18.2 Å². The van der Waals surface area contributed by atoms with Crippen molar-refractivity contribution in [3.05, 3.63) is 76.4 Å². The Bertz CT molecular complexity index is 1070. The lowest BCUT2D eigenvalue weighted by atomic mass is 9.99. The molecule has 0 saturated heterocycles. The van der Waals surface area contributed by atoms with Crippen molar-refractivity contribution in [2.75, 3.05) is 18.0 Å². The third-order valence-corrected chi connectivity index (χ3v) is 5.13. The molecule has 1 aliphatic heterocycles. The Balaban J connectivity index is 1.88. The first-order valence-electron chi connectivity index (χ1n) is 9.37. The molecule has 3 rings (SSSR count). The molecule has 0 fully saturated rings. The second-order valence-electron chi connectivity index (χ2n) is 7.27. The van der Waals surface area contributed by atoms with Gasteiger partial charge in [0.05, 0.1) is 11.1 Å². The van der Waals surface area contributed by atoms with Crippen molar-refractivity contribution in [1.82, 2.24) is 0 Å². The van der Waals surface area contributed by atoms with Crippen molar-refractivity contribution < 1.29 is 36.2 Å². The Morgan fingerprint density at radius 2 is 1.69 bits per heavy atom. The molecule has 32 heavy (non-hydrogen) atoms. The number of carboxylic acids is 1. The molecule has 1 aliphatic rings. The van der Waals surface area contributed by atoms with E-state index < -0.39 is 40.9 Å². The van der Waals surface area contributed by atoms with Crippen LogP contribution in [0.1, 0.15) is 28.2 Å². The fourth-order valence-corrected chi connectivity index (χ4v) is 3.66. The van der Waals surface area contributed by atoms with E-state index in [0.29, 0.717) is 17.8 Å². The van der Waals surface area contributed by atoms with Crippen LogP contribution in [0.3, 0.4) is 0 Å². The van der Waals surface area contributed by atoms with Gasteiger partial charge in [-0.3, -0.25) is 0 Å². The van der Waals surface area contributed by atoms with Crippen LogP contribution >= 0.6 is 0 Å². The molecule has 4 nitrogen and oxygen atoms in total. The van der Waals surface area contributed by atoms with Crippen LogP contribution in [0.2, 0.25) is 0 Å². The van der Waals surface area contributed by atoms with Crippen LogP contribution < -0.4 is 4.90 Å². The third kappa shape index (κ3) is 5.04. The highest BCUT2D eigenvalue weighted by molar-refractivity contribution is 5.91. The van der Waals surface area contributed by atoms with Crippen LogP contribution in [0.25, 0.3) is 0 Å². The highest BCUT2D eigenvalue weighted by Crippen LogP contribution is 2.39. The lowest BCUT2D eigenvalue weighted by molar-refractivity contribution is -0.143. The standard InChI is InChI=1S/C22H16F6N2O2/c23-21(24,25)16-7-13(8-17(10-16)22(26,27)28)5-6-30-12-15(9-14(11-29)20(31)32)18-3-1-2-4-19(18)30/h1-4,7-10,15H,5-6,12H2,(H,31,32)/b14-9+. The van der Waals surface area contributed by atoms with Crippen LogP contribution in [0.5, 0.6) is 0 Å². The van der Waals surface area contributed by atoms with Gasteiger partial charge in [0.1, 0.15) is 11.6 Å². The summed E-state index contributed by atoms with van der Waals surface area (Å²) in [7, 11) is 0. The van der Waals surface area contributed by atoms with Crippen LogP contribution in [-0.2, 0) is 23.6 Å². The number of hydrogen-bond acceptors (Lipinski definition) is 3. The van der Waals surface area contributed by atoms with Gasteiger partial charge in [0.2, 0.25) is 0 Å². The average Bonchev–Trinajstić information content (AvgIpc) is 3.06. The number of carboxylic acid groups (broad SMARTS) is 1. The normalized spacial score (nSPS) is 16.6. The predicted molar refractivity (Wildman–Crippen MR) is 103 cm³/mol. The van der Waals surface area contributed by atoms with Crippen LogP contribution in [0.15, 0.2) is 54.1 Å². The van der Waals surface area contributed by atoms with Gasteiger partial charge in [-0.15, -0.1) is 0 Å². The van der Waals surface area contributed by atoms with E-state index in [0.717, 1.165) is 5.56 Å². The van der Waals surface area contributed by atoms with Crippen molar-refractivity contribution in [3.63, 3.8) is 0 Å². The molecule has 0 saturated carbocycles. The van der Waals surface area contributed by atoms with E-state index in [-0.39, 0.29) is 31.1 Å². The highest BCUT2D eigenvalue weighted by Gasteiger charge is 2.37. The number of benzene rings is 2. The molecule has 10 heteroatoms. The molecule has 1 heterocycles. The molecule has 0 bridgehead atoms. The minimum absolute atomic E-state index is 0.0881. The number of nitrogens with zero attached hydrogens (tertiary/aromatic N) is 2. The maximum Gasteiger partial charge on any atom is 0.416 e. The quantitative estimate of drug-likeness (QED) is 0.373. The molecule has 1 atom stereocenters. The first kappa shape index (κ1) is 23.2. The fourth-order valence-electron chi connectivity index (χ4n) is 3.66. The Labute approximate surface area is 179 Å². The second kappa shape index (κ2) is 8.57. The van der Waals surface area contributed by atoms with Gasteiger partial charge in [-0.25, -0.2) is 4.79 Å². The number of anilines is 1. The highest BCUT2D eigenvalue weighted by atomic mass is 19.4. The van der Waals surface area contributed by atoms with Crippen molar-refractivity contribution >= 4 is 11.7 Å². The summed E-state index contributed by atoms with van der Waals surface area (Å²) >= 11 is 0. The topological polar surface area (TPSA) is 64.3 Å². The van der Waals surface area contributed by atoms with Gasteiger partial charge in [-0.05, 0) is 47.9 Å². The van der Waals surface area contributed by atoms with E-state index in [1.54, 1.807) is 35.2 Å². The average molecular weight is 454 g/mol. The zero-order chi connectivity index (χ0) is 23.7. The molecule has 0 radical (unpaired) electrons. The molecular formula is C22H16F6N2O2. The van der Waals surface area contributed by atoms with Crippen LogP contribution in [0, 0.1) is 11.3 Å². The van der Waals surface area contributed by atoms with Gasteiger partial charge >= 0.3 is 18.3 Å². The second-order valence-corrected chi connectivity index (χ2v) is 7.27. The first-order chi connectivity index (χ1) is 14.9. The minimum Gasteiger partial charge on any atom is -0.477 e. The zero-order valence-electron chi connectivity index (χ0n) is 16.3. The Kier molecular flexibility index (Phi) is 6.21. The van der Waals surface area contributed by atoms with Gasteiger partial charge < -0.3 is 10.0 Å². The van der Waals surface area contributed by atoms with Crippen molar-refractivity contribution in [3.8, 4) is 6.07 Å². The molecule has 2 aromatic rings. The largest absolute Gasteiger partial charge is 0.477 e. The number of nitriles is 1. The van der Waals surface area contributed by atoms with E-state index in [2.05, 4.69) is 0 Å². The smallest absolute Gasteiger partial charge is 0.416 e. The van der Waals surface area contributed by atoms with E-state index in [1.807, 2.05) is 0 Å². The summed E-state index contributed by atoms with van der Waals surface area (Å²) in [6.07, 6.45) is -8.64. The van der Waals surface area contributed by atoms with Gasteiger partial charge in [0.15, 0.2) is 0 Å². The number of alkyl halides is 6. The van der Waals surface area contributed by atoms with Crippen LogP contribution in [-0.4, -0.2) is 24.2 Å². The van der Waals surface area contributed by atoms with Crippen LogP contribution in [0.4, 0.5) is 32.0 Å². The molecule has 1 N–H and O–H groups in total. The maximum atomic E-state index is 13.1. The van der Waals surface area contributed by atoms with Gasteiger partial charge in [-0.2, -0.15) is 31.6 Å². The molecular weight excluding hydrogens is 438 g/mol. The van der Waals surface area contributed by atoms with Crippen molar-refractivity contribution in [2.24, 2.45) is 0 Å². The molecule has 0 aliphatic carbocycles. The van der Waals surface area contributed by atoms with E-state index in [4.69, 9.17) is 10.4 Å². The molecule has 2 aromatic carbocycles. The summed E-state index contributed by atoms with van der Waals surface area (Å²) in [4.78, 5) is 12.9.